The van der Waals surface area contributed by atoms with Crippen LogP contribution < -0.4 is 0 Å². The van der Waals surface area contributed by atoms with E-state index in [1.165, 1.54) is 0 Å². The Morgan fingerprint density at radius 2 is 0.705 bits per heavy atom. The van der Waals surface area contributed by atoms with Crippen LogP contribution in [0.5, 0.6) is 0 Å². The molecule has 4 fully saturated rings. The van der Waals surface area contributed by atoms with Gasteiger partial charge in [-0.2, -0.15) is 0 Å². The standard InChI is InChI=1S/C36H58O8/c1-2-31(32(37)41-27-19-11-3-4-12-20-27)36(33(38)42-28-21-13-5-6-14-22-28,34(39)43-29-23-15-7-8-16-24-29)35(40)44-30-25-17-9-10-18-26-30/h27-31H,2-26H2,1H3. The van der Waals surface area contributed by atoms with E-state index in [0.717, 1.165) is 116 Å². The highest BCUT2D eigenvalue weighted by atomic mass is 16.6. The molecule has 4 saturated carbocycles. The third-order valence-electron chi connectivity index (χ3n) is 10.5. The highest BCUT2D eigenvalue weighted by Gasteiger charge is 2.66. The molecule has 1 atom stereocenters. The molecule has 0 aromatic rings. The number of hydrogen-bond acceptors (Lipinski definition) is 8. The van der Waals surface area contributed by atoms with Crippen LogP contribution >= 0.6 is 0 Å². The van der Waals surface area contributed by atoms with Gasteiger partial charge in [0.05, 0.1) is 5.92 Å². The summed E-state index contributed by atoms with van der Waals surface area (Å²) in [7, 11) is 0. The van der Waals surface area contributed by atoms with E-state index < -0.39 is 53.5 Å². The van der Waals surface area contributed by atoms with E-state index in [1.54, 1.807) is 6.92 Å². The van der Waals surface area contributed by atoms with Crippen LogP contribution in [0.1, 0.15) is 167 Å². The first-order valence-electron chi connectivity index (χ1n) is 18.3. The fraction of sp³-hybridized carbons (Fsp3) is 0.889. The van der Waals surface area contributed by atoms with Crippen molar-refractivity contribution in [3.8, 4) is 0 Å². The quantitative estimate of drug-likeness (QED) is 0.105. The van der Waals surface area contributed by atoms with Crippen LogP contribution in [0, 0.1) is 11.3 Å². The number of esters is 4. The third kappa shape index (κ3) is 9.45. The van der Waals surface area contributed by atoms with Gasteiger partial charge in [0, 0.05) is 0 Å². The van der Waals surface area contributed by atoms with Crippen molar-refractivity contribution < 1.29 is 38.1 Å². The Kier molecular flexibility index (Phi) is 14.3. The molecule has 8 nitrogen and oxygen atoms in total. The van der Waals surface area contributed by atoms with Gasteiger partial charge in [0.25, 0.3) is 5.41 Å². The first-order chi connectivity index (χ1) is 21.4. The summed E-state index contributed by atoms with van der Waals surface area (Å²) in [6, 6.07) is 0. The Morgan fingerprint density at radius 3 is 0.955 bits per heavy atom. The maximum absolute atomic E-state index is 14.6. The summed E-state index contributed by atoms with van der Waals surface area (Å²) in [4.78, 5) is 57.8. The molecule has 4 rings (SSSR count). The Hall–Kier alpha value is -2.12. The van der Waals surface area contributed by atoms with Gasteiger partial charge in [-0.15, -0.1) is 0 Å². The molecule has 44 heavy (non-hydrogen) atoms. The van der Waals surface area contributed by atoms with Crippen LogP contribution in [0.3, 0.4) is 0 Å². The van der Waals surface area contributed by atoms with Crippen molar-refractivity contribution in [3.63, 3.8) is 0 Å². The van der Waals surface area contributed by atoms with E-state index in [-0.39, 0.29) is 12.5 Å². The van der Waals surface area contributed by atoms with Crippen molar-refractivity contribution in [1.29, 1.82) is 0 Å². The largest absolute Gasteiger partial charge is 0.462 e. The molecule has 0 amide bonds. The lowest BCUT2D eigenvalue weighted by Gasteiger charge is -2.36. The minimum atomic E-state index is -2.55. The predicted octanol–water partition coefficient (Wildman–Crippen LogP) is 8.06. The van der Waals surface area contributed by atoms with Crippen LogP contribution in [0.25, 0.3) is 0 Å². The Labute approximate surface area is 265 Å². The maximum Gasteiger partial charge on any atom is 0.336 e. The van der Waals surface area contributed by atoms with Gasteiger partial charge in [0.1, 0.15) is 24.4 Å². The van der Waals surface area contributed by atoms with Crippen LogP contribution in [0.2, 0.25) is 0 Å². The number of ether oxygens (including phenoxy) is 4. The van der Waals surface area contributed by atoms with Crippen molar-refractivity contribution in [2.45, 2.75) is 192 Å². The average Bonchev–Trinajstić information content (AvgIpc) is 3.61. The molecular formula is C36H58O8. The Balaban J connectivity index is 1.71. The van der Waals surface area contributed by atoms with E-state index >= 15 is 0 Å². The SMILES string of the molecule is CCC(C(=O)OC1CCCCCC1)C(C(=O)OC1CCCCCC1)(C(=O)OC1CCCCCC1)C(=O)OC1CCCCCC1. The summed E-state index contributed by atoms with van der Waals surface area (Å²) in [6.07, 6.45) is 19.8. The molecule has 0 aromatic heterocycles. The summed E-state index contributed by atoms with van der Waals surface area (Å²) in [5.74, 6) is -5.07. The van der Waals surface area contributed by atoms with Crippen LogP contribution in [0.4, 0.5) is 0 Å². The summed E-state index contributed by atoms with van der Waals surface area (Å²) in [6.45, 7) is 1.73. The number of hydrogen-bond donors (Lipinski definition) is 0. The number of carbonyl (C=O) groups excluding carboxylic acids is 4. The van der Waals surface area contributed by atoms with Gasteiger partial charge in [-0.25, -0.2) is 0 Å². The minimum absolute atomic E-state index is 0.0465. The topological polar surface area (TPSA) is 105 Å². The van der Waals surface area contributed by atoms with Crippen molar-refractivity contribution in [3.05, 3.63) is 0 Å². The monoisotopic (exact) mass is 618 g/mol. The molecule has 0 radical (unpaired) electrons. The number of rotatable bonds is 10. The van der Waals surface area contributed by atoms with E-state index in [2.05, 4.69) is 0 Å². The molecule has 0 spiro atoms. The second kappa shape index (κ2) is 18.1. The molecule has 250 valence electrons. The lowest BCUT2D eigenvalue weighted by atomic mass is 9.73. The van der Waals surface area contributed by atoms with Gasteiger partial charge < -0.3 is 18.9 Å². The van der Waals surface area contributed by atoms with Crippen molar-refractivity contribution in [2.75, 3.05) is 0 Å². The van der Waals surface area contributed by atoms with Gasteiger partial charge in [0.15, 0.2) is 0 Å². The third-order valence-corrected chi connectivity index (χ3v) is 10.5. The fourth-order valence-corrected chi connectivity index (χ4v) is 7.74. The Morgan fingerprint density at radius 1 is 0.455 bits per heavy atom. The Bertz CT molecular complexity index is 816. The lowest BCUT2D eigenvalue weighted by molar-refractivity contribution is -0.202. The molecule has 0 heterocycles. The molecule has 8 heteroatoms. The van der Waals surface area contributed by atoms with Crippen LogP contribution in [-0.2, 0) is 38.1 Å². The second-order valence-electron chi connectivity index (χ2n) is 13.9. The molecule has 0 aromatic carbocycles. The van der Waals surface area contributed by atoms with Gasteiger partial charge in [-0.05, 0) is 109 Å². The zero-order valence-corrected chi connectivity index (χ0v) is 27.3. The lowest BCUT2D eigenvalue weighted by Crippen LogP contribution is -2.58. The zero-order chi connectivity index (χ0) is 31.2. The van der Waals surface area contributed by atoms with Gasteiger partial charge in [-0.1, -0.05) is 58.3 Å². The first-order valence-corrected chi connectivity index (χ1v) is 18.3. The fourth-order valence-electron chi connectivity index (χ4n) is 7.74. The summed E-state index contributed by atoms with van der Waals surface area (Å²) >= 11 is 0. The normalized spacial score (nSPS) is 23.2. The summed E-state index contributed by atoms with van der Waals surface area (Å²) in [5, 5.41) is 0. The van der Waals surface area contributed by atoms with E-state index in [1.807, 2.05) is 0 Å². The van der Waals surface area contributed by atoms with Crippen molar-refractivity contribution in [1.82, 2.24) is 0 Å². The molecule has 4 aliphatic carbocycles. The average molecular weight is 619 g/mol. The molecule has 1 unspecified atom stereocenters. The van der Waals surface area contributed by atoms with Crippen molar-refractivity contribution >= 4 is 23.9 Å². The van der Waals surface area contributed by atoms with Crippen LogP contribution in [0.15, 0.2) is 0 Å². The predicted molar refractivity (Wildman–Crippen MR) is 167 cm³/mol. The van der Waals surface area contributed by atoms with Crippen molar-refractivity contribution in [2.24, 2.45) is 11.3 Å². The second-order valence-corrected chi connectivity index (χ2v) is 13.9. The molecular weight excluding hydrogens is 560 g/mol. The highest BCUT2D eigenvalue weighted by molar-refractivity contribution is 6.20. The molecule has 0 N–H and O–H groups in total. The smallest absolute Gasteiger partial charge is 0.336 e. The van der Waals surface area contributed by atoms with Gasteiger partial charge in [-0.3, -0.25) is 19.2 Å². The molecule has 0 bridgehead atoms. The van der Waals surface area contributed by atoms with Gasteiger partial charge >= 0.3 is 23.9 Å². The van der Waals surface area contributed by atoms with E-state index in [4.69, 9.17) is 18.9 Å². The summed E-state index contributed by atoms with van der Waals surface area (Å²) < 4.78 is 24.4. The van der Waals surface area contributed by atoms with Crippen LogP contribution in [-0.4, -0.2) is 48.3 Å². The molecule has 0 saturated heterocycles. The van der Waals surface area contributed by atoms with E-state index in [9.17, 15) is 19.2 Å². The van der Waals surface area contributed by atoms with Gasteiger partial charge in [0.2, 0.25) is 0 Å². The first kappa shape index (κ1) is 34.7. The number of carbonyl (C=O) groups is 4. The zero-order valence-electron chi connectivity index (χ0n) is 27.3. The molecule has 4 aliphatic rings. The molecule has 0 aliphatic heterocycles. The maximum atomic E-state index is 14.6. The minimum Gasteiger partial charge on any atom is -0.462 e. The van der Waals surface area contributed by atoms with E-state index in [0.29, 0.717) is 38.5 Å². The highest BCUT2D eigenvalue weighted by Crippen LogP contribution is 2.41. The summed E-state index contributed by atoms with van der Waals surface area (Å²) in [5.41, 5.74) is -2.55.